The zero-order valence-corrected chi connectivity index (χ0v) is 11.1. The number of anilines is 1. The first kappa shape index (κ1) is 13.3. The molecule has 0 heterocycles. The lowest BCUT2D eigenvalue weighted by Crippen LogP contribution is -2.22. The Morgan fingerprint density at radius 2 is 2.06 bits per heavy atom. The van der Waals surface area contributed by atoms with E-state index < -0.39 is 0 Å². The molecule has 0 aliphatic rings. The number of halogens is 1. The van der Waals surface area contributed by atoms with Gasteiger partial charge in [-0.25, -0.2) is 0 Å². The molecule has 0 aliphatic carbocycles. The Balaban J connectivity index is 2.79. The lowest BCUT2D eigenvalue weighted by Gasteiger charge is -2.22. The topological polar surface area (TPSA) is 29.3 Å². The molecule has 0 aliphatic heterocycles. The van der Waals surface area contributed by atoms with Crippen LogP contribution >= 0.6 is 11.6 Å². The van der Waals surface area contributed by atoms with E-state index in [9.17, 15) is 0 Å². The second-order valence-corrected chi connectivity index (χ2v) is 5.00. The summed E-state index contributed by atoms with van der Waals surface area (Å²) in [6.07, 6.45) is 0.840. The van der Waals surface area contributed by atoms with E-state index in [2.05, 4.69) is 37.9 Å². The van der Waals surface area contributed by atoms with Crippen LogP contribution in [0.2, 0.25) is 5.02 Å². The third kappa shape index (κ3) is 3.69. The van der Waals surface area contributed by atoms with Gasteiger partial charge in [-0.1, -0.05) is 31.5 Å². The van der Waals surface area contributed by atoms with Crippen molar-refractivity contribution < 1.29 is 0 Å². The highest BCUT2D eigenvalue weighted by atomic mass is 35.5. The van der Waals surface area contributed by atoms with Gasteiger partial charge in [0.15, 0.2) is 0 Å². The van der Waals surface area contributed by atoms with Crippen LogP contribution in [0.15, 0.2) is 18.2 Å². The number of hydrogen-bond acceptors (Lipinski definition) is 2. The maximum absolute atomic E-state index is 6.21. The van der Waals surface area contributed by atoms with Gasteiger partial charge >= 0.3 is 0 Å². The predicted octanol–water partition coefficient (Wildman–Crippen LogP) is 2.93. The van der Waals surface area contributed by atoms with Gasteiger partial charge in [-0.3, -0.25) is 0 Å². The minimum Gasteiger partial charge on any atom is -0.374 e. The molecule has 0 saturated heterocycles. The molecule has 0 fully saturated rings. The fourth-order valence-electron chi connectivity index (χ4n) is 1.79. The third-order valence-electron chi connectivity index (χ3n) is 2.53. The molecular weight excluding hydrogens is 220 g/mol. The van der Waals surface area contributed by atoms with Crippen molar-refractivity contribution in [2.45, 2.75) is 20.3 Å². The highest BCUT2D eigenvalue weighted by Gasteiger charge is 2.06. The molecule has 1 rings (SSSR count). The first-order valence-electron chi connectivity index (χ1n) is 5.74. The van der Waals surface area contributed by atoms with E-state index in [4.69, 9.17) is 17.3 Å². The minimum absolute atomic E-state index is 0.640. The van der Waals surface area contributed by atoms with Crippen LogP contribution < -0.4 is 10.6 Å². The number of nitrogens with two attached hydrogens (primary N) is 1. The fraction of sp³-hybridized carbons (Fsp3) is 0.538. The van der Waals surface area contributed by atoms with E-state index in [1.165, 1.54) is 5.69 Å². The number of nitrogens with zero attached hydrogens (tertiary/aromatic N) is 1. The third-order valence-corrected chi connectivity index (χ3v) is 2.88. The molecule has 3 heteroatoms. The molecule has 0 radical (unpaired) electrons. The van der Waals surface area contributed by atoms with Crippen molar-refractivity contribution in [2.75, 3.05) is 25.0 Å². The second-order valence-electron chi connectivity index (χ2n) is 4.59. The molecule has 16 heavy (non-hydrogen) atoms. The van der Waals surface area contributed by atoms with Crippen LogP contribution in [0.3, 0.4) is 0 Å². The highest BCUT2D eigenvalue weighted by molar-refractivity contribution is 6.31. The lowest BCUT2D eigenvalue weighted by atomic mass is 10.1. The van der Waals surface area contributed by atoms with Gasteiger partial charge in [0, 0.05) is 24.3 Å². The van der Waals surface area contributed by atoms with Gasteiger partial charge in [-0.15, -0.1) is 0 Å². The zero-order chi connectivity index (χ0) is 12.1. The number of rotatable bonds is 5. The summed E-state index contributed by atoms with van der Waals surface area (Å²) in [4.78, 5) is 2.22. The first-order valence-corrected chi connectivity index (χ1v) is 6.12. The first-order chi connectivity index (χ1) is 7.54. The number of hydrogen-bond donors (Lipinski definition) is 1. The molecule has 1 aromatic carbocycles. The molecule has 0 atom stereocenters. The summed E-state index contributed by atoms with van der Waals surface area (Å²) in [6.45, 7) is 6.09. The molecule has 0 amide bonds. The standard InChI is InChI=1S/C13H21ClN2/c1-10(2)9-16(3)12-5-4-11(6-7-15)13(14)8-12/h4-5,8,10H,6-7,9,15H2,1-3H3. The zero-order valence-electron chi connectivity index (χ0n) is 10.3. The Kier molecular flexibility index (Phi) is 5.10. The van der Waals surface area contributed by atoms with Crippen molar-refractivity contribution in [1.82, 2.24) is 0 Å². The van der Waals surface area contributed by atoms with Crippen LogP contribution in [0.5, 0.6) is 0 Å². The molecule has 0 unspecified atom stereocenters. The molecule has 2 N–H and O–H groups in total. The molecular formula is C13H21ClN2. The van der Waals surface area contributed by atoms with Crippen molar-refractivity contribution in [1.29, 1.82) is 0 Å². The lowest BCUT2D eigenvalue weighted by molar-refractivity contribution is 0.638. The van der Waals surface area contributed by atoms with E-state index in [0.29, 0.717) is 12.5 Å². The fourth-order valence-corrected chi connectivity index (χ4v) is 2.05. The molecule has 0 aromatic heterocycles. The van der Waals surface area contributed by atoms with E-state index >= 15 is 0 Å². The molecule has 0 bridgehead atoms. The monoisotopic (exact) mass is 240 g/mol. The van der Waals surface area contributed by atoms with Crippen LogP contribution in [0.1, 0.15) is 19.4 Å². The van der Waals surface area contributed by atoms with Gasteiger partial charge < -0.3 is 10.6 Å². The van der Waals surface area contributed by atoms with Crippen molar-refractivity contribution in [3.8, 4) is 0 Å². The second kappa shape index (κ2) is 6.12. The quantitative estimate of drug-likeness (QED) is 0.858. The summed E-state index contributed by atoms with van der Waals surface area (Å²) in [5.74, 6) is 0.646. The molecule has 0 saturated carbocycles. The maximum atomic E-state index is 6.21. The molecule has 1 aromatic rings. The highest BCUT2D eigenvalue weighted by Crippen LogP contribution is 2.23. The van der Waals surface area contributed by atoms with Crippen LogP contribution in [0.25, 0.3) is 0 Å². The van der Waals surface area contributed by atoms with Gasteiger partial charge in [0.05, 0.1) is 0 Å². The van der Waals surface area contributed by atoms with Crippen molar-refractivity contribution in [3.63, 3.8) is 0 Å². The van der Waals surface area contributed by atoms with Crippen LogP contribution in [-0.4, -0.2) is 20.1 Å². The SMILES string of the molecule is CC(C)CN(C)c1ccc(CCN)c(Cl)c1. The largest absolute Gasteiger partial charge is 0.374 e. The van der Waals surface area contributed by atoms with Gasteiger partial charge in [0.25, 0.3) is 0 Å². The molecule has 0 spiro atoms. The summed E-state index contributed by atoms with van der Waals surface area (Å²) in [5, 5.41) is 0.818. The van der Waals surface area contributed by atoms with E-state index in [-0.39, 0.29) is 0 Å². The smallest absolute Gasteiger partial charge is 0.0459 e. The average Bonchev–Trinajstić information content (AvgIpc) is 2.20. The van der Waals surface area contributed by atoms with Crippen molar-refractivity contribution in [3.05, 3.63) is 28.8 Å². The van der Waals surface area contributed by atoms with Crippen molar-refractivity contribution in [2.24, 2.45) is 11.7 Å². The average molecular weight is 241 g/mol. The Morgan fingerprint density at radius 3 is 2.56 bits per heavy atom. The van der Waals surface area contributed by atoms with Gasteiger partial charge in [-0.05, 0) is 36.6 Å². The summed E-state index contributed by atoms with van der Waals surface area (Å²) >= 11 is 6.21. The van der Waals surface area contributed by atoms with Gasteiger partial charge in [0.1, 0.15) is 0 Å². The van der Waals surface area contributed by atoms with Crippen LogP contribution in [0.4, 0.5) is 5.69 Å². The van der Waals surface area contributed by atoms with Crippen LogP contribution in [-0.2, 0) is 6.42 Å². The summed E-state index contributed by atoms with van der Waals surface area (Å²) < 4.78 is 0. The Bertz CT molecular complexity index is 337. The normalized spacial score (nSPS) is 10.9. The Labute approximate surface area is 103 Å². The number of benzene rings is 1. The van der Waals surface area contributed by atoms with E-state index in [1.807, 2.05) is 6.07 Å². The summed E-state index contributed by atoms with van der Waals surface area (Å²) in [5.41, 5.74) is 7.82. The molecule has 90 valence electrons. The maximum Gasteiger partial charge on any atom is 0.0459 e. The summed E-state index contributed by atoms with van der Waals surface area (Å²) in [7, 11) is 2.09. The van der Waals surface area contributed by atoms with E-state index in [1.54, 1.807) is 0 Å². The van der Waals surface area contributed by atoms with Crippen molar-refractivity contribution >= 4 is 17.3 Å². The summed E-state index contributed by atoms with van der Waals surface area (Å²) in [6, 6.07) is 6.20. The van der Waals surface area contributed by atoms with Crippen LogP contribution in [0, 0.1) is 5.92 Å². The van der Waals surface area contributed by atoms with Gasteiger partial charge in [-0.2, -0.15) is 0 Å². The van der Waals surface area contributed by atoms with E-state index in [0.717, 1.165) is 23.6 Å². The predicted molar refractivity (Wildman–Crippen MR) is 72.3 cm³/mol. The Hall–Kier alpha value is -0.730. The molecule has 2 nitrogen and oxygen atoms in total. The Morgan fingerprint density at radius 1 is 1.38 bits per heavy atom. The van der Waals surface area contributed by atoms with Gasteiger partial charge in [0.2, 0.25) is 0 Å². The minimum atomic E-state index is 0.640.